The standard InChI is InChI=1S/C28H31BrN2O2/c1-20(28(33)30-25-13-3-4-14-25)31(19-21-8-6-12-24(29)18-21)27(32)17-16-23-11-7-10-22-9-2-5-15-26(22)23/h2,5-12,15,18,20,25H,3-4,13-14,16-17,19H2,1H3,(H,30,33)/t20-/m1/s1. The summed E-state index contributed by atoms with van der Waals surface area (Å²) in [6.07, 6.45) is 5.38. The number of benzene rings is 3. The molecule has 172 valence electrons. The fourth-order valence-electron chi connectivity index (χ4n) is 4.70. The molecule has 33 heavy (non-hydrogen) atoms. The molecule has 0 unspecified atom stereocenters. The number of carbonyl (C=O) groups is 2. The van der Waals surface area contributed by atoms with Gasteiger partial charge in [0.15, 0.2) is 0 Å². The van der Waals surface area contributed by atoms with Crippen LogP contribution in [0.25, 0.3) is 10.8 Å². The van der Waals surface area contributed by atoms with Crippen molar-refractivity contribution in [2.24, 2.45) is 0 Å². The maximum Gasteiger partial charge on any atom is 0.242 e. The van der Waals surface area contributed by atoms with Gasteiger partial charge in [0.2, 0.25) is 11.8 Å². The smallest absolute Gasteiger partial charge is 0.242 e. The first kappa shape index (κ1) is 23.5. The summed E-state index contributed by atoms with van der Waals surface area (Å²) >= 11 is 3.52. The lowest BCUT2D eigenvalue weighted by Gasteiger charge is -2.30. The predicted octanol–water partition coefficient (Wildman–Crippen LogP) is 6.01. The van der Waals surface area contributed by atoms with Gasteiger partial charge in [-0.15, -0.1) is 0 Å². The second kappa shape index (κ2) is 11.0. The van der Waals surface area contributed by atoms with Crippen LogP contribution in [0.2, 0.25) is 0 Å². The van der Waals surface area contributed by atoms with Gasteiger partial charge in [-0.1, -0.05) is 83.4 Å². The third-order valence-electron chi connectivity index (χ3n) is 6.60. The van der Waals surface area contributed by atoms with Crippen LogP contribution in [0, 0.1) is 0 Å². The van der Waals surface area contributed by atoms with Crippen LogP contribution in [0.1, 0.15) is 50.2 Å². The van der Waals surface area contributed by atoms with Crippen molar-refractivity contribution in [1.29, 1.82) is 0 Å². The Bertz CT molecular complexity index is 1120. The summed E-state index contributed by atoms with van der Waals surface area (Å²) in [5, 5.41) is 5.52. The minimum atomic E-state index is -0.524. The van der Waals surface area contributed by atoms with Gasteiger partial charge in [0.25, 0.3) is 0 Å². The molecule has 1 aliphatic carbocycles. The van der Waals surface area contributed by atoms with Crippen molar-refractivity contribution >= 4 is 38.5 Å². The average Bonchev–Trinajstić information content (AvgIpc) is 3.33. The van der Waals surface area contributed by atoms with E-state index in [4.69, 9.17) is 0 Å². The molecule has 0 heterocycles. The number of nitrogens with zero attached hydrogens (tertiary/aromatic N) is 1. The predicted molar refractivity (Wildman–Crippen MR) is 137 cm³/mol. The third-order valence-corrected chi connectivity index (χ3v) is 7.09. The van der Waals surface area contributed by atoms with Crippen LogP contribution in [0.3, 0.4) is 0 Å². The summed E-state index contributed by atoms with van der Waals surface area (Å²) in [4.78, 5) is 28.2. The number of carbonyl (C=O) groups excluding carboxylic acids is 2. The molecular formula is C28H31BrN2O2. The number of fused-ring (bicyclic) bond motifs is 1. The Morgan fingerprint density at radius 2 is 1.76 bits per heavy atom. The van der Waals surface area contributed by atoms with E-state index in [9.17, 15) is 9.59 Å². The zero-order valence-corrected chi connectivity index (χ0v) is 20.7. The number of rotatable bonds is 8. The van der Waals surface area contributed by atoms with Crippen LogP contribution < -0.4 is 5.32 Å². The molecule has 0 radical (unpaired) electrons. The lowest BCUT2D eigenvalue weighted by atomic mass is 10.0. The van der Waals surface area contributed by atoms with Gasteiger partial charge in [0.05, 0.1) is 0 Å². The van der Waals surface area contributed by atoms with Crippen molar-refractivity contribution in [1.82, 2.24) is 10.2 Å². The Morgan fingerprint density at radius 1 is 1.03 bits per heavy atom. The van der Waals surface area contributed by atoms with Crippen LogP contribution in [-0.4, -0.2) is 28.8 Å². The topological polar surface area (TPSA) is 49.4 Å². The Labute approximate surface area is 204 Å². The lowest BCUT2D eigenvalue weighted by Crippen LogP contribution is -2.49. The van der Waals surface area contributed by atoms with Crippen LogP contribution >= 0.6 is 15.9 Å². The monoisotopic (exact) mass is 506 g/mol. The zero-order chi connectivity index (χ0) is 23.2. The van der Waals surface area contributed by atoms with Crippen LogP contribution in [-0.2, 0) is 22.6 Å². The number of halogens is 1. The van der Waals surface area contributed by atoms with E-state index in [1.54, 1.807) is 4.90 Å². The van der Waals surface area contributed by atoms with E-state index in [0.29, 0.717) is 19.4 Å². The molecule has 0 aromatic heterocycles. The lowest BCUT2D eigenvalue weighted by molar-refractivity contribution is -0.140. The molecule has 1 fully saturated rings. The Kier molecular flexibility index (Phi) is 7.81. The number of aryl methyl sites for hydroxylation is 1. The summed E-state index contributed by atoms with van der Waals surface area (Å²) in [7, 11) is 0. The van der Waals surface area contributed by atoms with Crippen LogP contribution in [0.4, 0.5) is 0 Å². The fraction of sp³-hybridized carbons (Fsp3) is 0.357. The molecule has 1 saturated carbocycles. The number of amides is 2. The number of hydrogen-bond acceptors (Lipinski definition) is 2. The molecule has 1 atom stereocenters. The number of nitrogens with one attached hydrogen (secondary N) is 1. The normalized spacial score (nSPS) is 14.8. The van der Waals surface area contributed by atoms with Crippen molar-refractivity contribution in [2.75, 3.05) is 0 Å². The summed E-state index contributed by atoms with van der Waals surface area (Å²) < 4.78 is 0.964. The summed E-state index contributed by atoms with van der Waals surface area (Å²) in [6, 6.07) is 22.1. The van der Waals surface area contributed by atoms with Crippen LogP contribution in [0.5, 0.6) is 0 Å². The first-order chi connectivity index (χ1) is 16.0. The Morgan fingerprint density at radius 3 is 2.55 bits per heavy atom. The highest BCUT2D eigenvalue weighted by Gasteiger charge is 2.28. The summed E-state index contributed by atoms with van der Waals surface area (Å²) in [5.74, 6) is -0.0626. The SMILES string of the molecule is C[C@H](C(=O)NC1CCCC1)N(Cc1cccc(Br)c1)C(=O)CCc1cccc2ccccc12. The van der Waals surface area contributed by atoms with Gasteiger partial charge in [-0.25, -0.2) is 0 Å². The molecule has 0 aliphatic heterocycles. The van der Waals surface area contributed by atoms with Crippen molar-refractivity contribution < 1.29 is 9.59 Å². The maximum atomic E-state index is 13.5. The Hall–Kier alpha value is -2.66. The van der Waals surface area contributed by atoms with Gasteiger partial charge in [-0.2, -0.15) is 0 Å². The molecule has 5 heteroatoms. The molecule has 2 amide bonds. The van der Waals surface area contributed by atoms with Crippen molar-refractivity contribution in [3.8, 4) is 0 Å². The molecule has 4 rings (SSSR count). The zero-order valence-electron chi connectivity index (χ0n) is 19.1. The second-order valence-corrected chi connectivity index (χ2v) is 9.87. The minimum Gasteiger partial charge on any atom is -0.352 e. The second-order valence-electron chi connectivity index (χ2n) is 8.96. The molecule has 4 nitrogen and oxygen atoms in total. The molecule has 3 aromatic carbocycles. The van der Waals surface area contributed by atoms with E-state index in [1.807, 2.05) is 49.4 Å². The van der Waals surface area contributed by atoms with Gasteiger partial charge in [0.1, 0.15) is 6.04 Å². The highest BCUT2D eigenvalue weighted by Crippen LogP contribution is 2.22. The van der Waals surface area contributed by atoms with Gasteiger partial charge < -0.3 is 10.2 Å². The molecule has 0 spiro atoms. The van der Waals surface area contributed by atoms with Gasteiger partial charge in [-0.05, 0) is 60.2 Å². The van der Waals surface area contributed by atoms with Gasteiger partial charge in [0, 0.05) is 23.5 Å². The largest absolute Gasteiger partial charge is 0.352 e. The van der Waals surface area contributed by atoms with E-state index < -0.39 is 6.04 Å². The van der Waals surface area contributed by atoms with E-state index in [2.05, 4.69) is 45.5 Å². The first-order valence-corrected chi connectivity index (χ1v) is 12.6. The minimum absolute atomic E-state index is 0.00279. The molecule has 1 aliphatic rings. The number of hydrogen-bond donors (Lipinski definition) is 1. The van der Waals surface area contributed by atoms with E-state index >= 15 is 0 Å². The van der Waals surface area contributed by atoms with Crippen molar-refractivity contribution in [3.63, 3.8) is 0 Å². The summed E-state index contributed by atoms with van der Waals surface area (Å²) in [5.41, 5.74) is 2.16. The maximum absolute atomic E-state index is 13.5. The average molecular weight is 507 g/mol. The summed E-state index contributed by atoms with van der Waals surface area (Å²) in [6.45, 7) is 2.26. The molecule has 3 aromatic rings. The molecule has 1 N–H and O–H groups in total. The van der Waals surface area contributed by atoms with Crippen LogP contribution in [0.15, 0.2) is 71.2 Å². The molecule has 0 bridgehead atoms. The van der Waals surface area contributed by atoms with Crippen molar-refractivity contribution in [3.05, 3.63) is 82.3 Å². The molecule has 0 saturated heterocycles. The van der Waals surface area contributed by atoms with E-state index in [1.165, 1.54) is 10.8 Å². The van der Waals surface area contributed by atoms with Gasteiger partial charge in [-0.3, -0.25) is 9.59 Å². The highest BCUT2D eigenvalue weighted by molar-refractivity contribution is 9.10. The van der Waals surface area contributed by atoms with E-state index in [-0.39, 0.29) is 17.9 Å². The quantitative estimate of drug-likeness (QED) is 0.406. The van der Waals surface area contributed by atoms with Gasteiger partial charge >= 0.3 is 0 Å². The Balaban J connectivity index is 1.50. The molecular weight excluding hydrogens is 476 g/mol. The third kappa shape index (κ3) is 6.02. The van der Waals surface area contributed by atoms with Crippen molar-refractivity contribution in [2.45, 2.75) is 64.1 Å². The first-order valence-electron chi connectivity index (χ1n) is 11.8. The highest BCUT2D eigenvalue weighted by atomic mass is 79.9. The fourth-order valence-corrected chi connectivity index (χ4v) is 5.15. The van der Waals surface area contributed by atoms with E-state index in [0.717, 1.165) is 41.3 Å².